The van der Waals surface area contributed by atoms with Crippen LogP contribution < -0.4 is 10.4 Å². The van der Waals surface area contributed by atoms with Crippen molar-refractivity contribution in [3.63, 3.8) is 0 Å². The van der Waals surface area contributed by atoms with Gasteiger partial charge >= 0.3 is 0 Å². The molecule has 1 aliphatic heterocycles. The summed E-state index contributed by atoms with van der Waals surface area (Å²) in [5.41, 5.74) is 2.75. The number of rotatable bonds is 4. The number of nitrogens with one attached hydrogen (secondary N) is 2. The molecule has 0 unspecified atom stereocenters. The number of benzene rings is 1. The minimum absolute atomic E-state index is 0.000890. The molecule has 2 aliphatic rings. The van der Waals surface area contributed by atoms with Crippen LogP contribution in [-0.2, 0) is 4.79 Å². The van der Waals surface area contributed by atoms with E-state index in [4.69, 9.17) is 21.8 Å². The first-order valence-electron chi connectivity index (χ1n) is 9.64. The Morgan fingerprint density at radius 3 is 2.79 bits per heavy atom. The summed E-state index contributed by atoms with van der Waals surface area (Å²) in [5, 5.41) is 10.9. The van der Waals surface area contributed by atoms with Crippen LogP contribution in [0, 0.1) is 5.41 Å². The number of hydrogen-bond acceptors (Lipinski definition) is 5. The van der Waals surface area contributed by atoms with Crippen molar-refractivity contribution in [1.82, 2.24) is 20.4 Å². The minimum Gasteiger partial charge on any atom is -0.394 e. The Morgan fingerprint density at radius 2 is 2.11 bits per heavy atom. The van der Waals surface area contributed by atoms with Gasteiger partial charge in [0.2, 0.25) is 0 Å². The van der Waals surface area contributed by atoms with Gasteiger partial charge in [0.15, 0.2) is 11.6 Å². The molecule has 28 heavy (non-hydrogen) atoms. The predicted molar refractivity (Wildman–Crippen MR) is 110 cm³/mol. The van der Waals surface area contributed by atoms with Gasteiger partial charge in [-0.3, -0.25) is 10.2 Å². The smallest absolute Gasteiger partial charge is 0.289 e. The third-order valence-electron chi connectivity index (χ3n) is 5.45. The lowest BCUT2D eigenvalue weighted by Gasteiger charge is -2.48. The summed E-state index contributed by atoms with van der Waals surface area (Å²) in [6.07, 6.45) is 7.61. The monoisotopic (exact) mass is 405 g/mol. The van der Waals surface area contributed by atoms with Crippen molar-refractivity contribution < 1.29 is 9.63 Å². The van der Waals surface area contributed by atoms with Gasteiger partial charge in [0, 0.05) is 44.0 Å². The fraction of sp³-hybridized carbons (Fsp3) is 0.500. The van der Waals surface area contributed by atoms with Crippen molar-refractivity contribution >= 4 is 23.3 Å². The standard InChI is InChI=1S/C20H28ClN5O2/c1-3-11-24(2)18(22)19(27)26-13-12-25(15-20(26)9-4-5-10-20)23-28-17-8-6-7-16(21)14-17/h3,6-8,11,14,22-23H,4-5,9-10,12-13,15H2,1-2H3/b11-3+,22-18?. The van der Waals surface area contributed by atoms with Crippen LogP contribution in [0.1, 0.15) is 32.6 Å². The van der Waals surface area contributed by atoms with Crippen LogP contribution in [0.25, 0.3) is 0 Å². The quantitative estimate of drug-likeness (QED) is 0.457. The van der Waals surface area contributed by atoms with Crippen molar-refractivity contribution in [1.29, 1.82) is 5.41 Å². The van der Waals surface area contributed by atoms with E-state index in [2.05, 4.69) is 5.59 Å². The zero-order valence-corrected chi connectivity index (χ0v) is 17.2. The van der Waals surface area contributed by atoms with Gasteiger partial charge in [-0.1, -0.05) is 42.2 Å². The minimum atomic E-state index is -0.261. The van der Waals surface area contributed by atoms with Gasteiger partial charge in [-0.05, 0) is 31.9 Å². The van der Waals surface area contributed by atoms with Crippen molar-refractivity contribution in [3.8, 4) is 5.75 Å². The second-order valence-electron chi connectivity index (χ2n) is 7.40. The lowest BCUT2D eigenvalue weighted by molar-refractivity contribution is -0.141. The van der Waals surface area contributed by atoms with Gasteiger partial charge in [0.25, 0.3) is 5.91 Å². The molecular weight excluding hydrogens is 378 g/mol. The molecule has 0 bridgehead atoms. The van der Waals surface area contributed by atoms with Gasteiger partial charge in [-0.25, -0.2) is 5.01 Å². The third-order valence-corrected chi connectivity index (χ3v) is 5.68. The number of allylic oxidation sites excluding steroid dienone is 1. The first kappa shape index (κ1) is 20.6. The number of carbonyl (C=O) groups excluding carboxylic acids is 1. The number of halogens is 1. The number of piperazine rings is 1. The maximum absolute atomic E-state index is 13.0. The van der Waals surface area contributed by atoms with Crippen molar-refractivity contribution in [2.45, 2.75) is 38.1 Å². The number of amides is 1. The Labute approximate surface area is 171 Å². The second-order valence-corrected chi connectivity index (χ2v) is 7.84. The molecule has 2 N–H and O–H groups in total. The molecule has 1 amide bonds. The van der Waals surface area contributed by atoms with E-state index in [-0.39, 0.29) is 17.3 Å². The molecule has 3 rings (SSSR count). The van der Waals surface area contributed by atoms with E-state index < -0.39 is 0 Å². The van der Waals surface area contributed by atoms with Crippen LogP contribution in [-0.4, -0.2) is 58.8 Å². The van der Waals surface area contributed by atoms with Gasteiger partial charge in [0.05, 0.1) is 5.54 Å². The Hall–Kier alpha value is -2.09. The normalized spacial score (nSPS) is 19.3. The number of hydrogen-bond donors (Lipinski definition) is 2. The molecule has 1 saturated carbocycles. The fourth-order valence-corrected chi connectivity index (χ4v) is 4.24. The molecule has 1 aliphatic carbocycles. The van der Waals surface area contributed by atoms with E-state index >= 15 is 0 Å². The molecule has 0 atom stereocenters. The maximum atomic E-state index is 13.0. The average molecular weight is 406 g/mol. The fourth-order valence-electron chi connectivity index (χ4n) is 4.06. The Balaban J connectivity index is 1.67. The van der Waals surface area contributed by atoms with Crippen LogP contribution in [0.5, 0.6) is 5.75 Å². The SMILES string of the molecule is C/C=C/N(C)C(=N)C(=O)N1CCN(NOc2cccc(Cl)c2)CC12CCCC2. The highest BCUT2D eigenvalue weighted by molar-refractivity contribution is 6.36. The summed E-state index contributed by atoms with van der Waals surface area (Å²) in [6, 6.07) is 7.22. The molecule has 1 heterocycles. The Morgan fingerprint density at radius 1 is 1.36 bits per heavy atom. The second kappa shape index (κ2) is 8.94. The molecule has 1 saturated heterocycles. The van der Waals surface area contributed by atoms with Crippen LogP contribution in [0.15, 0.2) is 36.5 Å². The van der Waals surface area contributed by atoms with E-state index in [1.54, 1.807) is 30.3 Å². The number of hydrazine groups is 1. The molecule has 8 heteroatoms. The summed E-state index contributed by atoms with van der Waals surface area (Å²) in [6.45, 7) is 3.71. The van der Waals surface area contributed by atoms with E-state index in [1.165, 1.54) is 0 Å². The Bertz CT molecular complexity index is 748. The van der Waals surface area contributed by atoms with Gasteiger partial charge in [-0.15, -0.1) is 0 Å². The summed E-state index contributed by atoms with van der Waals surface area (Å²) < 4.78 is 0. The number of amidine groups is 1. The maximum Gasteiger partial charge on any atom is 0.289 e. The van der Waals surface area contributed by atoms with Crippen molar-refractivity contribution in [3.05, 3.63) is 41.6 Å². The van der Waals surface area contributed by atoms with Gasteiger partial charge in [-0.2, -0.15) is 0 Å². The predicted octanol–water partition coefficient (Wildman–Crippen LogP) is 3.04. The molecule has 7 nitrogen and oxygen atoms in total. The summed E-state index contributed by atoms with van der Waals surface area (Å²) in [4.78, 5) is 22.2. The number of likely N-dealkylation sites (N-methyl/N-ethyl adjacent to an activating group) is 1. The highest BCUT2D eigenvalue weighted by atomic mass is 35.5. The topological polar surface area (TPSA) is 71.9 Å². The molecule has 152 valence electrons. The third kappa shape index (κ3) is 4.48. The zero-order valence-electron chi connectivity index (χ0n) is 16.4. The molecule has 1 aromatic rings. The summed E-state index contributed by atoms with van der Waals surface area (Å²) >= 11 is 6.00. The molecule has 0 radical (unpaired) electrons. The largest absolute Gasteiger partial charge is 0.394 e. The van der Waals surface area contributed by atoms with Crippen LogP contribution in [0.3, 0.4) is 0 Å². The van der Waals surface area contributed by atoms with Crippen LogP contribution in [0.2, 0.25) is 5.02 Å². The van der Waals surface area contributed by atoms with Crippen molar-refractivity contribution in [2.75, 3.05) is 26.7 Å². The Kier molecular flexibility index (Phi) is 6.59. The lowest BCUT2D eigenvalue weighted by atomic mass is 9.92. The number of carbonyl (C=O) groups is 1. The van der Waals surface area contributed by atoms with Gasteiger partial charge in [0.1, 0.15) is 0 Å². The lowest BCUT2D eigenvalue weighted by Crippen LogP contribution is -2.66. The van der Waals surface area contributed by atoms with E-state index in [9.17, 15) is 4.79 Å². The molecule has 2 fully saturated rings. The van der Waals surface area contributed by atoms with Gasteiger partial charge < -0.3 is 14.6 Å². The van der Waals surface area contributed by atoms with E-state index in [0.717, 1.165) is 25.7 Å². The number of nitrogens with zero attached hydrogens (tertiary/aromatic N) is 3. The average Bonchev–Trinajstić information content (AvgIpc) is 3.14. The molecule has 1 spiro atoms. The van der Waals surface area contributed by atoms with E-state index in [1.807, 2.05) is 35.0 Å². The molecular formula is C20H28ClN5O2. The summed E-state index contributed by atoms with van der Waals surface area (Å²) in [7, 11) is 1.73. The van der Waals surface area contributed by atoms with Crippen molar-refractivity contribution in [2.24, 2.45) is 0 Å². The first-order chi connectivity index (χ1) is 13.4. The molecule has 1 aromatic carbocycles. The first-order valence-corrected chi connectivity index (χ1v) is 10.0. The zero-order chi connectivity index (χ0) is 20.1. The summed E-state index contributed by atoms with van der Waals surface area (Å²) in [5.74, 6) is 0.431. The van der Waals surface area contributed by atoms with E-state index in [0.29, 0.717) is 30.4 Å². The highest BCUT2D eigenvalue weighted by Crippen LogP contribution is 2.38. The van der Waals surface area contributed by atoms with Crippen LogP contribution in [0.4, 0.5) is 0 Å². The highest BCUT2D eigenvalue weighted by Gasteiger charge is 2.47. The van der Waals surface area contributed by atoms with Crippen LogP contribution >= 0.6 is 11.6 Å². The molecule has 0 aromatic heterocycles.